The van der Waals surface area contributed by atoms with Crippen molar-refractivity contribution in [1.29, 1.82) is 0 Å². The molecule has 0 atom stereocenters. The summed E-state index contributed by atoms with van der Waals surface area (Å²) in [7, 11) is 2.74. The van der Waals surface area contributed by atoms with Crippen molar-refractivity contribution in [2.24, 2.45) is 5.73 Å². The summed E-state index contributed by atoms with van der Waals surface area (Å²) < 4.78 is 9.83. The van der Waals surface area contributed by atoms with Crippen molar-refractivity contribution in [1.82, 2.24) is 4.98 Å². The standard InChI is InChI=1S/C9H12N2O4/c1-14-8-7(5(12)3-10)6(13)4-11-9(8)15-2/h4,13H,3,10H2,1-2H3. The van der Waals surface area contributed by atoms with Crippen LogP contribution in [0.4, 0.5) is 0 Å². The Morgan fingerprint density at radius 1 is 1.53 bits per heavy atom. The van der Waals surface area contributed by atoms with Crippen molar-refractivity contribution in [3.05, 3.63) is 11.8 Å². The van der Waals surface area contributed by atoms with Gasteiger partial charge in [-0.15, -0.1) is 0 Å². The number of methoxy groups -OCH3 is 2. The number of aromatic nitrogens is 1. The molecule has 6 heteroatoms. The molecule has 3 N–H and O–H groups in total. The van der Waals surface area contributed by atoms with Gasteiger partial charge in [0.1, 0.15) is 11.3 Å². The number of ketones is 1. The molecule has 15 heavy (non-hydrogen) atoms. The molecule has 0 bridgehead atoms. The number of Topliss-reactive ketones (excluding diaryl/α,β-unsaturated/α-hetero) is 1. The van der Waals surface area contributed by atoms with E-state index in [0.29, 0.717) is 0 Å². The molecule has 0 saturated heterocycles. The number of nitrogens with zero attached hydrogens (tertiary/aromatic N) is 1. The minimum atomic E-state index is -0.440. The number of aromatic hydroxyl groups is 1. The van der Waals surface area contributed by atoms with Gasteiger partial charge in [0.05, 0.1) is 27.0 Å². The van der Waals surface area contributed by atoms with Gasteiger partial charge in [0.25, 0.3) is 5.88 Å². The number of carbonyl (C=O) groups excluding carboxylic acids is 1. The minimum absolute atomic E-state index is 0.00755. The Hall–Kier alpha value is -1.82. The molecule has 1 aromatic rings. The zero-order valence-corrected chi connectivity index (χ0v) is 8.48. The van der Waals surface area contributed by atoms with Crippen molar-refractivity contribution in [2.75, 3.05) is 20.8 Å². The molecule has 0 aromatic carbocycles. The van der Waals surface area contributed by atoms with Crippen LogP contribution in [-0.4, -0.2) is 36.6 Å². The molecule has 1 rings (SSSR count). The van der Waals surface area contributed by atoms with Crippen LogP contribution in [0.25, 0.3) is 0 Å². The van der Waals surface area contributed by atoms with E-state index in [-0.39, 0.29) is 29.5 Å². The molecule has 0 spiro atoms. The molecule has 0 amide bonds. The number of rotatable bonds is 4. The van der Waals surface area contributed by atoms with Crippen LogP contribution in [0, 0.1) is 0 Å². The largest absolute Gasteiger partial charge is 0.505 e. The summed E-state index contributed by atoms with van der Waals surface area (Å²) in [6.07, 6.45) is 1.12. The van der Waals surface area contributed by atoms with E-state index in [0.717, 1.165) is 6.20 Å². The van der Waals surface area contributed by atoms with E-state index in [4.69, 9.17) is 15.2 Å². The molecule has 82 valence electrons. The lowest BCUT2D eigenvalue weighted by molar-refractivity contribution is 0.0994. The highest BCUT2D eigenvalue weighted by Gasteiger charge is 2.21. The highest BCUT2D eigenvalue weighted by atomic mass is 16.5. The predicted molar refractivity (Wildman–Crippen MR) is 52.4 cm³/mol. The fourth-order valence-electron chi connectivity index (χ4n) is 1.17. The van der Waals surface area contributed by atoms with Gasteiger partial charge < -0.3 is 20.3 Å². The zero-order valence-electron chi connectivity index (χ0n) is 8.48. The van der Waals surface area contributed by atoms with Gasteiger partial charge in [-0.3, -0.25) is 4.79 Å². The number of hydrogen-bond donors (Lipinski definition) is 2. The number of nitrogens with two attached hydrogens (primary N) is 1. The van der Waals surface area contributed by atoms with Crippen molar-refractivity contribution < 1.29 is 19.4 Å². The van der Waals surface area contributed by atoms with Gasteiger partial charge in [0, 0.05) is 0 Å². The summed E-state index contributed by atoms with van der Waals surface area (Å²) in [6.45, 7) is -0.225. The maximum absolute atomic E-state index is 11.4. The van der Waals surface area contributed by atoms with Gasteiger partial charge in [0.15, 0.2) is 11.5 Å². The normalized spacial score (nSPS) is 9.80. The lowest BCUT2D eigenvalue weighted by Crippen LogP contribution is -2.15. The van der Waals surface area contributed by atoms with Crippen LogP contribution in [0.2, 0.25) is 0 Å². The van der Waals surface area contributed by atoms with Crippen LogP contribution in [0.3, 0.4) is 0 Å². The van der Waals surface area contributed by atoms with Crippen LogP contribution < -0.4 is 15.2 Å². The van der Waals surface area contributed by atoms with E-state index in [2.05, 4.69) is 4.98 Å². The van der Waals surface area contributed by atoms with Crippen LogP contribution in [-0.2, 0) is 0 Å². The number of ether oxygens (including phenoxy) is 2. The van der Waals surface area contributed by atoms with Crippen molar-refractivity contribution in [2.45, 2.75) is 0 Å². The second kappa shape index (κ2) is 4.61. The molecule has 1 heterocycles. The maximum atomic E-state index is 11.4. The molecule has 0 unspecified atom stereocenters. The second-order valence-corrected chi connectivity index (χ2v) is 2.69. The van der Waals surface area contributed by atoms with Crippen LogP contribution in [0.15, 0.2) is 6.20 Å². The van der Waals surface area contributed by atoms with Crippen molar-refractivity contribution >= 4 is 5.78 Å². The smallest absolute Gasteiger partial charge is 0.257 e. The molecule has 0 fully saturated rings. The first kappa shape index (κ1) is 11.3. The second-order valence-electron chi connectivity index (χ2n) is 2.69. The Morgan fingerprint density at radius 2 is 2.20 bits per heavy atom. The first-order chi connectivity index (χ1) is 7.15. The molecular weight excluding hydrogens is 200 g/mol. The van der Waals surface area contributed by atoms with Gasteiger partial charge in [-0.1, -0.05) is 0 Å². The quantitative estimate of drug-likeness (QED) is 0.679. The van der Waals surface area contributed by atoms with Gasteiger partial charge >= 0.3 is 0 Å². The number of hydrogen-bond acceptors (Lipinski definition) is 6. The minimum Gasteiger partial charge on any atom is -0.505 e. The van der Waals surface area contributed by atoms with E-state index in [1.807, 2.05) is 0 Å². The Bertz CT molecular complexity index is 379. The molecule has 0 radical (unpaired) electrons. The summed E-state index contributed by atoms with van der Waals surface area (Å²) in [5.41, 5.74) is 5.20. The van der Waals surface area contributed by atoms with Gasteiger partial charge in [-0.2, -0.15) is 0 Å². The van der Waals surface area contributed by atoms with Crippen LogP contribution in [0.1, 0.15) is 10.4 Å². The Morgan fingerprint density at radius 3 is 2.67 bits per heavy atom. The monoisotopic (exact) mass is 212 g/mol. The fraction of sp³-hybridized carbons (Fsp3) is 0.333. The first-order valence-electron chi connectivity index (χ1n) is 4.18. The average Bonchev–Trinajstić information content (AvgIpc) is 2.27. The zero-order chi connectivity index (χ0) is 11.4. The van der Waals surface area contributed by atoms with E-state index in [1.165, 1.54) is 14.2 Å². The molecule has 0 aliphatic rings. The molecule has 0 aliphatic carbocycles. The SMILES string of the molecule is COc1ncc(O)c(C(=O)CN)c1OC. The molecule has 0 saturated carbocycles. The molecule has 6 nitrogen and oxygen atoms in total. The topological polar surface area (TPSA) is 94.7 Å². The van der Waals surface area contributed by atoms with E-state index in [1.54, 1.807) is 0 Å². The van der Waals surface area contributed by atoms with Crippen LogP contribution in [0.5, 0.6) is 17.4 Å². The van der Waals surface area contributed by atoms with Gasteiger partial charge in [0.2, 0.25) is 0 Å². The van der Waals surface area contributed by atoms with Crippen LogP contribution >= 0.6 is 0 Å². The lowest BCUT2D eigenvalue weighted by atomic mass is 10.1. The van der Waals surface area contributed by atoms with Gasteiger partial charge in [-0.05, 0) is 0 Å². The molecular formula is C9H12N2O4. The highest BCUT2D eigenvalue weighted by molar-refractivity contribution is 6.02. The van der Waals surface area contributed by atoms with E-state index >= 15 is 0 Å². The summed E-state index contributed by atoms with van der Waals surface area (Å²) in [5, 5.41) is 9.47. The third-order valence-corrected chi connectivity index (χ3v) is 1.84. The Balaban J connectivity index is 3.38. The Kier molecular flexibility index (Phi) is 3.46. The summed E-state index contributed by atoms with van der Waals surface area (Å²) >= 11 is 0. The summed E-state index contributed by atoms with van der Waals surface area (Å²) in [6, 6.07) is 0. The van der Waals surface area contributed by atoms with E-state index in [9.17, 15) is 9.90 Å². The summed E-state index contributed by atoms with van der Waals surface area (Å²) in [5.74, 6) is -0.492. The first-order valence-corrected chi connectivity index (χ1v) is 4.18. The van der Waals surface area contributed by atoms with E-state index < -0.39 is 5.78 Å². The fourth-order valence-corrected chi connectivity index (χ4v) is 1.17. The molecule has 1 aromatic heterocycles. The Labute approximate surface area is 86.6 Å². The average molecular weight is 212 g/mol. The predicted octanol–water partition coefficient (Wildman–Crippen LogP) is -0.0542. The van der Waals surface area contributed by atoms with Crippen molar-refractivity contribution in [3.8, 4) is 17.4 Å². The number of carbonyl (C=O) groups is 1. The maximum Gasteiger partial charge on any atom is 0.257 e. The summed E-state index contributed by atoms with van der Waals surface area (Å²) in [4.78, 5) is 15.2. The highest BCUT2D eigenvalue weighted by Crippen LogP contribution is 2.34. The lowest BCUT2D eigenvalue weighted by Gasteiger charge is -2.11. The molecule has 0 aliphatic heterocycles. The van der Waals surface area contributed by atoms with Crippen molar-refractivity contribution in [3.63, 3.8) is 0 Å². The third kappa shape index (κ3) is 1.99. The third-order valence-electron chi connectivity index (χ3n) is 1.84. The van der Waals surface area contributed by atoms with Gasteiger partial charge in [-0.25, -0.2) is 4.98 Å². The number of pyridine rings is 1.